The highest BCUT2D eigenvalue weighted by molar-refractivity contribution is 6.28. The van der Waals surface area contributed by atoms with Crippen LogP contribution in [0.2, 0.25) is 0 Å². The monoisotopic (exact) mass is 220 g/mol. The average molecular weight is 221 g/mol. The minimum atomic E-state index is -0.487. The molecule has 0 aliphatic rings. The summed E-state index contributed by atoms with van der Waals surface area (Å²) in [5.74, 6) is -0.693. The van der Waals surface area contributed by atoms with Crippen molar-refractivity contribution in [2.75, 3.05) is 5.88 Å². The molecule has 0 unspecified atom stereocenters. The Labute approximate surface area is 89.4 Å². The van der Waals surface area contributed by atoms with E-state index in [-0.39, 0.29) is 11.4 Å². The molecule has 2 N–H and O–H groups in total. The molecule has 14 heavy (non-hydrogen) atoms. The van der Waals surface area contributed by atoms with Gasteiger partial charge in [0.2, 0.25) is 5.91 Å². The fraction of sp³-hybridized carbons (Fsp3) is 0.778. The number of rotatable bonds is 4. The van der Waals surface area contributed by atoms with E-state index < -0.39 is 11.9 Å². The van der Waals surface area contributed by atoms with Crippen molar-refractivity contribution in [1.29, 1.82) is 0 Å². The van der Waals surface area contributed by atoms with Crippen molar-refractivity contribution in [2.45, 2.75) is 39.2 Å². The van der Waals surface area contributed by atoms with Crippen molar-refractivity contribution in [1.82, 2.24) is 10.6 Å². The van der Waals surface area contributed by atoms with Crippen LogP contribution in [-0.2, 0) is 4.79 Å². The fourth-order valence-corrected chi connectivity index (χ4v) is 0.959. The molecule has 0 aromatic rings. The Balaban J connectivity index is 4.10. The highest BCUT2D eigenvalue weighted by Crippen LogP contribution is 2.12. The van der Waals surface area contributed by atoms with E-state index in [1.54, 1.807) is 0 Å². The molecule has 0 aromatic heterocycles. The molecule has 0 aliphatic carbocycles. The van der Waals surface area contributed by atoms with E-state index in [4.69, 9.17) is 11.6 Å². The molecule has 0 saturated heterocycles. The molecule has 3 amide bonds. The zero-order valence-corrected chi connectivity index (χ0v) is 9.57. The second-order valence-electron chi connectivity index (χ2n) is 3.40. The topological polar surface area (TPSA) is 58.2 Å². The fourth-order valence-electron chi connectivity index (χ4n) is 0.892. The summed E-state index contributed by atoms with van der Waals surface area (Å²) >= 11 is 5.24. The SMILES string of the molecule is CCC(C)(CC)NC(=O)NC(=O)CCl. The van der Waals surface area contributed by atoms with E-state index in [0.29, 0.717) is 0 Å². The van der Waals surface area contributed by atoms with Gasteiger partial charge in [0.15, 0.2) is 0 Å². The number of alkyl halides is 1. The molecule has 0 heterocycles. The Bertz CT molecular complexity index is 215. The van der Waals surface area contributed by atoms with Gasteiger partial charge in [0, 0.05) is 5.54 Å². The van der Waals surface area contributed by atoms with Gasteiger partial charge in [-0.05, 0) is 19.8 Å². The molecule has 0 spiro atoms. The standard InChI is InChI=1S/C9H17ClN2O2/c1-4-9(3,5-2)12-8(14)11-7(13)6-10/h4-6H2,1-3H3,(H2,11,12,13,14). The Morgan fingerprint density at radius 1 is 1.29 bits per heavy atom. The van der Waals surface area contributed by atoms with Gasteiger partial charge in [0.1, 0.15) is 5.88 Å². The summed E-state index contributed by atoms with van der Waals surface area (Å²) < 4.78 is 0. The molecule has 0 aliphatic heterocycles. The van der Waals surface area contributed by atoms with Crippen molar-refractivity contribution in [3.8, 4) is 0 Å². The lowest BCUT2D eigenvalue weighted by molar-refractivity contribution is -0.117. The largest absolute Gasteiger partial charge is 0.333 e. The van der Waals surface area contributed by atoms with E-state index in [1.807, 2.05) is 20.8 Å². The van der Waals surface area contributed by atoms with Gasteiger partial charge in [-0.3, -0.25) is 10.1 Å². The summed E-state index contributed by atoms with van der Waals surface area (Å²) in [4.78, 5) is 22.0. The lowest BCUT2D eigenvalue weighted by Gasteiger charge is -2.27. The van der Waals surface area contributed by atoms with Gasteiger partial charge in [0.05, 0.1) is 0 Å². The van der Waals surface area contributed by atoms with Gasteiger partial charge in [-0.1, -0.05) is 13.8 Å². The van der Waals surface area contributed by atoms with Gasteiger partial charge in [-0.25, -0.2) is 4.79 Å². The number of nitrogens with one attached hydrogen (secondary N) is 2. The van der Waals surface area contributed by atoms with Crippen LogP contribution < -0.4 is 10.6 Å². The lowest BCUT2D eigenvalue weighted by atomic mass is 9.96. The maximum absolute atomic E-state index is 11.2. The summed E-state index contributed by atoms with van der Waals surface area (Å²) in [7, 11) is 0. The van der Waals surface area contributed by atoms with E-state index in [9.17, 15) is 9.59 Å². The third-order valence-electron chi connectivity index (χ3n) is 2.35. The molecule has 0 aromatic carbocycles. The molecule has 0 rings (SSSR count). The maximum atomic E-state index is 11.2. The molecule has 5 heteroatoms. The normalized spacial score (nSPS) is 10.9. The first-order valence-corrected chi connectivity index (χ1v) is 5.18. The molecule has 0 atom stereocenters. The van der Waals surface area contributed by atoms with Crippen LogP contribution in [0.15, 0.2) is 0 Å². The molecule has 0 saturated carbocycles. The quantitative estimate of drug-likeness (QED) is 0.708. The third kappa shape index (κ3) is 4.46. The van der Waals surface area contributed by atoms with Crippen LogP contribution in [0, 0.1) is 0 Å². The van der Waals surface area contributed by atoms with E-state index in [1.165, 1.54) is 0 Å². The highest BCUT2D eigenvalue weighted by atomic mass is 35.5. The maximum Gasteiger partial charge on any atom is 0.321 e. The van der Waals surface area contributed by atoms with Crippen molar-refractivity contribution in [2.24, 2.45) is 0 Å². The first-order chi connectivity index (χ1) is 6.47. The molecule has 82 valence electrons. The van der Waals surface area contributed by atoms with Crippen molar-refractivity contribution >= 4 is 23.5 Å². The lowest BCUT2D eigenvalue weighted by Crippen LogP contribution is -2.51. The minimum Gasteiger partial charge on any atom is -0.333 e. The third-order valence-corrected chi connectivity index (χ3v) is 2.59. The van der Waals surface area contributed by atoms with Gasteiger partial charge in [-0.15, -0.1) is 11.6 Å². The molecule has 0 radical (unpaired) electrons. The average Bonchev–Trinajstić information content (AvgIpc) is 2.17. The summed E-state index contributed by atoms with van der Waals surface area (Å²) in [6.45, 7) is 5.89. The predicted octanol–water partition coefficient (Wildman–Crippen LogP) is 1.63. The van der Waals surface area contributed by atoms with Crippen molar-refractivity contribution < 1.29 is 9.59 Å². The number of halogens is 1. The smallest absolute Gasteiger partial charge is 0.321 e. The molecule has 0 bridgehead atoms. The van der Waals surface area contributed by atoms with E-state index in [0.717, 1.165) is 12.8 Å². The predicted molar refractivity (Wildman–Crippen MR) is 56.4 cm³/mol. The number of carbonyl (C=O) groups excluding carboxylic acids is 2. The van der Waals surface area contributed by atoms with Crippen molar-refractivity contribution in [3.05, 3.63) is 0 Å². The zero-order chi connectivity index (χ0) is 11.2. The summed E-state index contributed by atoms with van der Waals surface area (Å²) in [5, 5.41) is 4.86. The molecular weight excluding hydrogens is 204 g/mol. The number of urea groups is 1. The highest BCUT2D eigenvalue weighted by Gasteiger charge is 2.22. The number of hydrogen-bond acceptors (Lipinski definition) is 2. The second-order valence-corrected chi connectivity index (χ2v) is 3.67. The Hall–Kier alpha value is -0.770. The zero-order valence-electron chi connectivity index (χ0n) is 8.82. The Morgan fingerprint density at radius 2 is 1.79 bits per heavy atom. The van der Waals surface area contributed by atoms with Crippen molar-refractivity contribution in [3.63, 3.8) is 0 Å². The van der Waals surface area contributed by atoms with Crippen LogP contribution >= 0.6 is 11.6 Å². The summed E-state index contributed by atoms with van der Waals surface area (Å²) in [5.41, 5.74) is -0.267. The first kappa shape index (κ1) is 13.2. The van der Waals surface area contributed by atoms with Crippen LogP contribution in [0.1, 0.15) is 33.6 Å². The number of carbonyl (C=O) groups is 2. The van der Waals surface area contributed by atoms with Gasteiger partial charge < -0.3 is 5.32 Å². The minimum absolute atomic E-state index is 0.206. The first-order valence-electron chi connectivity index (χ1n) is 4.65. The summed E-state index contributed by atoms with van der Waals surface area (Å²) in [6.07, 6.45) is 1.62. The van der Waals surface area contributed by atoms with Gasteiger partial charge in [-0.2, -0.15) is 0 Å². The van der Waals surface area contributed by atoms with E-state index >= 15 is 0 Å². The number of imide groups is 1. The molecule has 4 nitrogen and oxygen atoms in total. The number of amides is 3. The van der Waals surface area contributed by atoms with Crippen LogP contribution in [-0.4, -0.2) is 23.4 Å². The second kappa shape index (κ2) is 5.86. The Morgan fingerprint density at radius 3 is 2.14 bits per heavy atom. The van der Waals surface area contributed by atoms with Gasteiger partial charge in [0.25, 0.3) is 0 Å². The molecule has 0 fully saturated rings. The van der Waals surface area contributed by atoms with Crippen LogP contribution in [0.4, 0.5) is 4.79 Å². The number of hydrogen-bond donors (Lipinski definition) is 2. The van der Waals surface area contributed by atoms with Crippen LogP contribution in [0.5, 0.6) is 0 Å². The van der Waals surface area contributed by atoms with E-state index in [2.05, 4.69) is 10.6 Å². The summed E-state index contributed by atoms with van der Waals surface area (Å²) in [6, 6.07) is -0.484. The molecular formula is C9H17ClN2O2. The van der Waals surface area contributed by atoms with Crippen LogP contribution in [0.25, 0.3) is 0 Å². The van der Waals surface area contributed by atoms with Crippen LogP contribution in [0.3, 0.4) is 0 Å². The van der Waals surface area contributed by atoms with Gasteiger partial charge >= 0.3 is 6.03 Å². The Kier molecular flexibility index (Phi) is 5.53.